The number of fused-ring (bicyclic) bond motifs is 1. The van der Waals surface area contributed by atoms with E-state index in [9.17, 15) is 9.59 Å². The van der Waals surface area contributed by atoms with Crippen LogP contribution in [0.1, 0.15) is 32.1 Å². The molecule has 0 heterocycles. The summed E-state index contributed by atoms with van der Waals surface area (Å²) in [4.78, 5) is 22.6. The summed E-state index contributed by atoms with van der Waals surface area (Å²) in [5, 5.41) is 0. The average Bonchev–Trinajstić information content (AvgIpc) is 2.36. The van der Waals surface area contributed by atoms with Gasteiger partial charge in [-0.2, -0.15) is 7.11 Å². The molecule has 1 aliphatic rings. The molecule has 0 bridgehead atoms. The van der Waals surface area contributed by atoms with Gasteiger partial charge in [-0.15, -0.1) is 0 Å². The Morgan fingerprint density at radius 2 is 1.61 bits per heavy atom. The summed E-state index contributed by atoms with van der Waals surface area (Å²) in [5.74, 6) is -0.728. The summed E-state index contributed by atoms with van der Waals surface area (Å²) in [6.07, 6.45) is 1.16. The van der Waals surface area contributed by atoms with E-state index >= 15 is 0 Å². The Hall–Kier alpha value is -1.32. The number of benzene rings is 1. The van der Waals surface area contributed by atoms with Crippen molar-refractivity contribution in [2.75, 3.05) is 0 Å². The van der Waals surface area contributed by atoms with Crippen LogP contribution < -0.4 is 0 Å². The molecule has 0 unspecified atom stereocenters. The van der Waals surface area contributed by atoms with Gasteiger partial charge in [0.2, 0.25) is 11.6 Å². The van der Waals surface area contributed by atoms with Crippen LogP contribution in [0.5, 0.6) is 0 Å². The molecule has 0 saturated carbocycles. The molecule has 1 aromatic carbocycles. The molecule has 0 N–H and O–H groups in total. The molecule has 0 spiro atoms. The van der Waals surface area contributed by atoms with Gasteiger partial charge in [0.1, 0.15) is 0 Å². The fourth-order valence-electron chi connectivity index (χ4n) is 1.41. The first-order chi connectivity index (χ1) is 7.74. The van der Waals surface area contributed by atoms with Gasteiger partial charge in [0.25, 0.3) is 0 Å². The van der Waals surface area contributed by atoms with Crippen molar-refractivity contribution in [2.45, 2.75) is 14.9 Å². The largest absolute Gasteiger partial charge is 2.00 e. The van der Waals surface area contributed by atoms with Crippen molar-refractivity contribution in [1.82, 2.24) is 0 Å². The molecule has 1 radical (unpaired) electrons. The van der Waals surface area contributed by atoms with Crippen LogP contribution in [0.15, 0.2) is 30.3 Å². The number of carbonyl (C=O) groups is 2. The van der Waals surface area contributed by atoms with Crippen LogP contribution >= 0.6 is 0 Å². The maximum absolute atomic E-state index is 11.4. The molecule has 1 aromatic rings. The Morgan fingerprint density at radius 3 is 2.11 bits per heavy atom. The SMILES string of the molecule is C.C.[3H][CH2-].[CH2-]OC1=CC(=O)C(=O)c2ccccc21.[V+2]. The quantitative estimate of drug-likeness (QED) is 0.588. The second-order valence-electron chi connectivity index (χ2n) is 2.89. The third-order valence-electron chi connectivity index (χ3n) is 2.08. The number of ketones is 2. The molecular formula is C14H18O3V. The predicted octanol–water partition coefficient (Wildman–Crippen LogP) is 3.32. The molecule has 4 heteroatoms. The van der Waals surface area contributed by atoms with E-state index in [1.807, 2.05) is 0 Å². The predicted molar refractivity (Wildman–Crippen MR) is 70.1 cm³/mol. The van der Waals surface area contributed by atoms with Gasteiger partial charge in [-0.1, -0.05) is 39.1 Å². The smallest absolute Gasteiger partial charge is 0.665 e. The summed E-state index contributed by atoms with van der Waals surface area (Å²) in [6.45, 7) is 0. The second kappa shape index (κ2) is 8.73. The van der Waals surface area contributed by atoms with Gasteiger partial charge in [-0.05, 0) is 0 Å². The molecule has 0 atom stereocenters. The van der Waals surface area contributed by atoms with Gasteiger partial charge >= 0.3 is 18.6 Å². The zero-order valence-corrected chi connectivity index (χ0v) is 9.87. The van der Waals surface area contributed by atoms with Gasteiger partial charge in [0.05, 0.1) is 5.76 Å². The van der Waals surface area contributed by atoms with E-state index in [0.29, 0.717) is 16.9 Å². The molecule has 97 valence electrons. The minimum absolute atomic E-state index is 0. The Kier molecular flexibility index (Phi) is 9.23. The van der Waals surface area contributed by atoms with Crippen LogP contribution in [0.3, 0.4) is 0 Å². The number of carbonyl (C=O) groups excluding carboxylic acids is 2. The van der Waals surface area contributed by atoms with Crippen molar-refractivity contribution in [3.63, 3.8) is 0 Å². The van der Waals surface area contributed by atoms with Crippen molar-refractivity contribution in [3.05, 3.63) is 56.0 Å². The van der Waals surface area contributed by atoms with Crippen LogP contribution in [0.4, 0.5) is 0 Å². The maximum Gasteiger partial charge on any atom is 2.00 e. The van der Waals surface area contributed by atoms with Crippen LogP contribution in [-0.2, 0) is 28.1 Å². The van der Waals surface area contributed by atoms with Crippen LogP contribution in [0.2, 0.25) is 0 Å². The summed E-state index contributed by atoms with van der Waals surface area (Å²) in [6, 6.07) is 6.79. The van der Waals surface area contributed by atoms with Crippen molar-refractivity contribution in [2.24, 2.45) is 0 Å². The standard InChI is InChI=1S/C11H7O3.2CH4.CH3.V/c1-14-10-6-9(12)11(13)8-5-3-2-4-7(8)10;;;;/h2-6H,1H2;2*1H4;1H3;/q-1;;;-1;+2/i;;;1T;. The first kappa shape index (κ1) is 19.0. The first-order valence-corrected chi connectivity index (χ1v) is 4.06. The number of allylic oxidation sites excluding steroid dienone is 1. The fraction of sp³-hybridized carbons (Fsp3) is 0.143. The number of hydrogen-bond donors (Lipinski definition) is 0. The summed E-state index contributed by atoms with van der Waals surface area (Å²) >= 11 is 0. The number of rotatable bonds is 1. The summed E-state index contributed by atoms with van der Waals surface area (Å²) in [5.41, 5.74) is 0.991. The van der Waals surface area contributed by atoms with E-state index in [1.54, 1.807) is 24.3 Å². The van der Waals surface area contributed by atoms with Gasteiger partial charge in [-0.3, -0.25) is 9.59 Å². The van der Waals surface area contributed by atoms with E-state index in [-0.39, 0.29) is 33.4 Å². The van der Waals surface area contributed by atoms with Crippen LogP contribution in [0.25, 0.3) is 5.76 Å². The normalized spacial score (nSPS) is 11.9. The molecule has 0 aromatic heterocycles. The molecule has 0 saturated heterocycles. The van der Waals surface area contributed by atoms with Gasteiger partial charge in [-0.25, -0.2) is 1.37 Å². The molecule has 0 aliphatic heterocycles. The molecule has 0 amide bonds. The maximum atomic E-state index is 11.4. The van der Waals surface area contributed by atoms with Crippen molar-refractivity contribution in [3.8, 4) is 0 Å². The number of hydrogen-bond acceptors (Lipinski definition) is 3. The van der Waals surface area contributed by atoms with E-state index in [1.165, 1.54) is 0 Å². The van der Waals surface area contributed by atoms with Gasteiger partial charge in [0.15, 0.2) is 0 Å². The minimum Gasteiger partial charge on any atom is -0.665 e. The number of ether oxygens (including phenoxy) is 1. The van der Waals surface area contributed by atoms with E-state index in [4.69, 9.17) is 6.11 Å². The summed E-state index contributed by atoms with van der Waals surface area (Å²) in [7, 11) is 5.74. The van der Waals surface area contributed by atoms with Gasteiger partial charge in [0, 0.05) is 17.2 Å². The van der Waals surface area contributed by atoms with Crippen molar-refractivity contribution in [1.29, 1.82) is 0 Å². The van der Waals surface area contributed by atoms with Crippen molar-refractivity contribution >= 4 is 17.3 Å². The Labute approximate surface area is 123 Å². The summed E-state index contributed by atoms with van der Waals surface area (Å²) < 4.78 is 10.3. The molecular weight excluding hydrogens is 267 g/mol. The zero-order chi connectivity index (χ0) is 12.1. The Morgan fingerprint density at radius 1 is 1.11 bits per heavy atom. The first-order valence-electron chi connectivity index (χ1n) is 4.76. The average molecular weight is 287 g/mol. The van der Waals surface area contributed by atoms with Crippen molar-refractivity contribution < 1.29 is 34.3 Å². The topological polar surface area (TPSA) is 43.4 Å². The number of Topliss-reactive ketones (excluding diaryl/α,β-unsaturated/α-hetero) is 1. The zero-order valence-electron chi connectivity index (χ0n) is 9.47. The van der Waals surface area contributed by atoms with Crippen LogP contribution in [-0.4, -0.2) is 11.6 Å². The Balaban J connectivity index is -0.000000489. The molecule has 0 fully saturated rings. The second-order valence-corrected chi connectivity index (χ2v) is 2.89. The third kappa shape index (κ3) is 3.59. The Bertz CT molecular complexity index is 456. The minimum atomic E-state index is -0.567. The molecule has 18 heavy (non-hydrogen) atoms. The van der Waals surface area contributed by atoms with E-state index in [2.05, 4.69) is 14.5 Å². The monoisotopic (exact) mass is 287 g/mol. The molecule has 2 rings (SSSR count). The van der Waals surface area contributed by atoms with E-state index < -0.39 is 11.6 Å². The molecule has 3 nitrogen and oxygen atoms in total. The van der Waals surface area contributed by atoms with E-state index in [0.717, 1.165) is 6.08 Å². The third-order valence-corrected chi connectivity index (χ3v) is 2.08. The van der Waals surface area contributed by atoms with Crippen LogP contribution in [0, 0.1) is 14.5 Å². The fourth-order valence-corrected chi connectivity index (χ4v) is 1.41. The van der Waals surface area contributed by atoms with Gasteiger partial charge < -0.3 is 12.1 Å². The molecule has 1 aliphatic carbocycles.